The molecule has 2 N–H and O–H groups in total. The first-order chi connectivity index (χ1) is 13.2. The monoisotopic (exact) mass is 498 g/mol. The number of carbonyl (C=O) groups is 1. The van der Waals surface area contributed by atoms with Gasteiger partial charge in [0.15, 0.2) is 5.96 Å². The lowest BCUT2D eigenvalue weighted by atomic mass is 9.86. The summed E-state index contributed by atoms with van der Waals surface area (Å²) in [5, 5.41) is 6.76. The van der Waals surface area contributed by atoms with Crippen LogP contribution in [0.5, 0.6) is 5.75 Å². The van der Waals surface area contributed by atoms with Gasteiger partial charge in [-0.3, -0.25) is 9.79 Å². The zero-order chi connectivity index (χ0) is 18.7. The molecule has 1 aliphatic carbocycles. The van der Waals surface area contributed by atoms with E-state index in [1.807, 2.05) is 11.0 Å². The average Bonchev–Trinajstić information content (AvgIpc) is 3.37. The van der Waals surface area contributed by atoms with Crippen LogP contribution in [-0.2, 0) is 4.79 Å². The van der Waals surface area contributed by atoms with Crippen LogP contribution in [0.2, 0.25) is 0 Å². The van der Waals surface area contributed by atoms with Crippen molar-refractivity contribution in [3.63, 3.8) is 0 Å². The van der Waals surface area contributed by atoms with E-state index < -0.39 is 0 Å². The first-order valence-electron chi connectivity index (χ1n) is 10.2. The topological polar surface area (TPSA) is 66.0 Å². The fraction of sp³-hybridized carbons (Fsp3) is 0.619. The molecule has 2 fully saturated rings. The molecule has 0 bridgehead atoms. The molecule has 0 radical (unpaired) electrons. The van der Waals surface area contributed by atoms with Crippen molar-refractivity contribution in [3.05, 3.63) is 29.8 Å². The summed E-state index contributed by atoms with van der Waals surface area (Å²) >= 11 is 0. The number of hydrogen-bond acceptors (Lipinski definition) is 3. The lowest BCUT2D eigenvalue weighted by Gasteiger charge is -2.40. The highest BCUT2D eigenvalue weighted by Gasteiger charge is 2.43. The number of halogens is 1. The molecule has 1 saturated heterocycles. The Morgan fingerprint density at radius 3 is 2.64 bits per heavy atom. The van der Waals surface area contributed by atoms with Gasteiger partial charge in [-0.25, -0.2) is 0 Å². The molecule has 1 aromatic carbocycles. The van der Waals surface area contributed by atoms with Gasteiger partial charge < -0.3 is 20.3 Å². The molecule has 1 atom stereocenters. The van der Waals surface area contributed by atoms with Crippen molar-refractivity contribution < 1.29 is 9.53 Å². The third-order valence-electron chi connectivity index (χ3n) is 6.11. The van der Waals surface area contributed by atoms with Gasteiger partial charge in [0.1, 0.15) is 11.4 Å². The van der Waals surface area contributed by atoms with Gasteiger partial charge in [-0.05, 0) is 44.6 Å². The highest BCUT2D eigenvalue weighted by atomic mass is 127. The number of rotatable bonds is 3. The van der Waals surface area contributed by atoms with Crippen molar-refractivity contribution in [1.29, 1.82) is 0 Å². The fourth-order valence-corrected chi connectivity index (χ4v) is 4.67. The van der Waals surface area contributed by atoms with Gasteiger partial charge in [-0.15, -0.1) is 24.0 Å². The Balaban J connectivity index is 0.00000225. The van der Waals surface area contributed by atoms with Crippen LogP contribution in [0.15, 0.2) is 29.3 Å². The summed E-state index contributed by atoms with van der Waals surface area (Å²) in [6, 6.07) is 8.41. The van der Waals surface area contributed by atoms with E-state index in [0.29, 0.717) is 5.96 Å². The molecular weight excluding hydrogens is 467 g/mol. The fourth-order valence-electron chi connectivity index (χ4n) is 4.67. The summed E-state index contributed by atoms with van der Waals surface area (Å²) in [4.78, 5) is 18.6. The van der Waals surface area contributed by atoms with Crippen molar-refractivity contribution in [2.45, 2.75) is 56.6 Å². The van der Waals surface area contributed by atoms with Crippen molar-refractivity contribution >= 4 is 35.8 Å². The van der Waals surface area contributed by atoms with Gasteiger partial charge >= 0.3 is 0 Å². The number of guanidine groups is 1. The molecule has 0 aromatic heterocycles. The van der Waals surface area contributed by atoms with E-state index in [1.165, 1.54) is 18.4 Å². The minimum atomic E-state index is -0.0593. The molecule has 1 amide bonds. The van der Waals surface area contributed by atoms with Crippen LogP contribution in [0.25, 0.3) is 0 Å². The zero-order valence-corrected chi connectivity index (χ0v) is 18.9. The molecule has 7 heteroatoms. The molecule has 154 valence electrons. The van der Waals surface area contributed by atoms with Crippen LogP contribution >= 0.6 is 24.0 Å². The number of amides is 1. The van der Waals surface area contributed by atoms with Crippen molar-refractivity contribution in [3.8, 4) is 5.75 Å². The molecule has 4 rings (SSSR count). The zero-order valence-electron chi connectivity index (χ0n) is 16.6. The molecule has 28 heavy (non-hydrogen) atoms. The van der Waals surface area contributed by atoms with Crippen LogP contribution in [-0.4, -0.2) is 49.0 Å². The van der Waals surface area contributed by atoms with Crippen LogP contribution in [0.3, 0.4) is 0 Å². The second-order valence-corrected chi connectivity index (χ2v) is 7.94. The quantitative estimate of drug-likeness (QED) is 0.382. The summed E-state index contributed by atoms with van der Waals surface area (Å²) in [5.41, 5.74) is 1.11. The first-order valence-corrected chi connectivity index (χ1v) is 10.2. The summed E-state index contributed by atoms with van der Waals surface area (Å²) < 4.78 is 6.43. The molecule has 1 aromatic rings. The van der Waals surface area contributed by atoms with Crippen molar-refractivity contribution in [1.82, 2.24) is 15.5 Å². The van der Waals surface area contributed by atoms with Gasteiger partial charge in [-0.2, -0.15) is 0 Å². The predicted octanol–water partition coefficient (Wildman–Crippen LogP) is 3.23. The maximum Gasteiger partial charge on any atom is 0.241 e. The van der Waals surface area contributed by atoms with Crippen LogP contribution in [0.4, 0.5) is 0 Å². The summed E-state index contributed by atoms with van der Waals surface area (Å²) in [5.74, 6) is 1.80. The second kappa shape index (κ2) is 9.33. The maximum atomic E-state index is 12.3. The molecule has 1 saturated carbocycles. The highest BCUT2D eigenvalue weighted by molar-refractivity contribution is 14.0. The highest BCUT2D eigenvalue weighted by Crippen LogP contribution is 2.46. The number of fused-ring (bicyclic) bond motifs is 1. The van der Waals surface area contributed by atoms with Crippen LogP contribution < -0.4 is 15.4 Å². The number of likely N-dealkylation sites (tertiary alicyclic amines) is 1. The van der Waals surface area contributed by atoms with E-state index in [2.05, 4.69) is 33.8 Å². The number of aliphatic imine (C=N–C) groups is 1. The largest absolute Gasteiger partial charge is 0.487 e. The Bertz CT molecular complexity index is 712. The van der Waals surface area contributed by atoms with Gasteiger partial charge in [-0.1, -0.05) is 18.2 Å². The normalized spacial score (nSPS) is 23.0. The molecule has 3 aliphatic rings. The Kier molecular flexibility index (Phi) is 7.06. The molecule has 1 spiro atoms. The van der Waals surface area contributed by atoms with E-state index in [9.17, 15) is 4.79 Å². The number of hydrogen-bond donors (Lipinski definition) is 2. The molecule has 6 nitrogen and oxygen atoms in total. The third-order valence-corrected chi connectivity index (χ3v) is 6.11. The van der Waals surface area contributed by atoms with Gasteiger partial charge in [0, 0.05) is 32.1 Å². The minimum Gasteiger partial charge on any atom is -0.487 e. The first kappa shape index (κ1) is 21.2. The molecular formula is C21H31IN4O2. The number of para-hydroxylation sites is 1. The third kappa shape index (κ3) is 4.55. The minimum absolute atomic E-state index is 0. The molecule has 2 aliphatic heterocycles. The van der Waals surface area contributed by atoms with Crippen LogP contribution in [0.1, 0.15) is 56.6 Å². The predicted molar refractivity (Wildman–Crippen MR) is 121 cm³/mol. The maximum absolute atomic E-state index is 12.3. The summed E-state index contributed by atoms with van der Waals surface area (Å²) in [6.45, 7) is 2.04. The van der Waals surface area contributed by atoms with Gasteiger partial charge in [0.2, 0.25) is 5.91 Å². The van der Waals surface area contributed by atoms with Crippen molar-refractivity contribution in [2.75, 3.05) is 26.7 Å². The Hall–Kier alpha value is -1.51. The van der Waals surface area contributed by atoms with E-state index >= 15 is 0 Å². The average molecular weight is 498 g/mol. The van der Waals surface area contributed by atoms with E-state index in [-0.39, 0.29) is 48.1 Å². The lowest BCUT2D eigenvalue weighted by molar-refractivity contribution is -0.128. The number of nitrogens with one attached hydrogen (secondary N) is 2. The smallest absolute Gasteiger partial charge is 0.241 e. The van der Waals surface area contributed by atoms with Gasteiger partial charge in [0.05, 0.1) is 12.6 Å². The van der Waals surface area contributed by atoms with E-state index in [1.54, 1.807) is 7.05 Å². The Labute approximate surface area is 184 Å². The summed E-state index contributed by atoms with van der Waals surface area (Å²) in [7, 11) is 1.76. The Morgan fingerprint density at radius 1 is 1.21 bits per heavy atom. The SMILES string of the molecule is CN=C(NCC(=O)N1CCCC1)NC1CC2(CCCC2)Oc2ccccc21.I. The van der Waals surface area contributed by atoms with E-state index in [4.69, 9.17) is 4.74 Å². The number of nitrogens with zero attached hydrogens (tertiary/aromatic N) is 2. The van der Waals surface area contributed by atoms with Crippen LogP contribution in [0, 0.1) is 0 Å². The van der Waals surface area contributed by atoms with Gasteiger partial charge in [0.25, 0.3) is 0 Å². The molecule has 1 unspecified atom stereocenters. The standard InChI is InChI=1S/C21H30N4O2.HI/c1-22-20(23-15-19(26)25-12-6-7-13-25)24-17-14-21(10-4-5-11-21)27-18-9-3-2-8-16(17)18;/h2-3,8-9,17H,4-7,10-15H2,1H3,(H2,22,23,24);1H. The lowest BCUT2D eigenvalue weighted by Crippen LogP contribution is -2.48. The Morgan fingerprint density at radius 2 is 1.93 bits per heavy atom. The number of benzene rings is 1. The second-order valence-electron chi connectivity index (χ2n) is 7.94. The number of carbonyl (C=O) groups excluding carboxylic acids is 1. The van der Waals surface area contributed by atoms with E-state index in [0.717, 1.165) is 50.9 Å². The van der Waals surface area contributed by atoms with Crippen molar-refractivity contribution in [2.24, 2.45) is 4.99 Å². The summed E-state index contributed by atoms with van der Waals surface area (Å²) in [6.07, 6.45) is 7.83. The molecule has 2 heterocycles. The number of ether oxygens (including phenoxy) is 1.